The predicted octanol–water partition coefficient (Wildman–Crippen LogP) is 3.26. The summed E-state index contributed by atoms with van der Waals surface area (Å²) < 4.78 is 2.04. The van der Waals surface area contributed by atoms with Gasteiger partial charge in [-0.3, -0.25) is 4.79 Å². The monoisotopic (exact) mass is 319 g/mol. The molecule has 3 aromatic rings. The first-order valence-corrected chi connectivity index (χ1v) is 7.52. The molecular formula is C19H17N3O2. The molecular weight excluding hydrogens is 302 g/mol. The first-order chi connectivity index (χ1) is 11.7. The van der Waals surface area contributed by atoms with E-state index in [1.54, 1.807) is 18.3 Å². The highest BCUT2D eigenvalue weighted by Gasteiger charge is 2.09. The molecule has 0 bridgehead atoms. The molecule has 24 heavy (non-hydrogen) atoms. The number of aryl methyl sites for hydroxylation is 1. The summed E-state index contributed by atoms with van der Waals surface area (Å²) in [6.45, 7) is 2.00. The van der Waals surface area contributed by atoms with Gasteiger partial charge in [0.1, 0.15) is 5.75 Å². The van der Waals surface area contributed by atoms with Crippen LogP contribution in [0.5, 0.6) is 5.75 Å². The second kappa shape index (κ2) is 6.83. The number of carbonyl (C=O) groups excluding carboxylic acids is 1. The Morgan fingerprint density at radius 1 is 1.04 bits per heavy atom. The van der Waals surface area contributed by atoms with E-state index in [4.69, 9.17) is 0 Å². The standard InChI is InChI=1S/C19H17N3O2/c1-14-11-12-16(22(14)15-7-3-2-4-8-15)13-20-21-19(24)17-9-5-6-10-18(17)23/h2-13,23H,1H3,(H,21,24)/b20-13-. The van der Waals surface area contributed by atoms with Crippen molar-refractivity contribution in [1.82, 2.24) is 9.99 Å². The molecule has 120 valence electrons. The van der Waals surface area contributed by atoms with Gasteiger partial charge in [-0.2, -0.15) is 5.10 Å². The van der Waals surface area contributed by atoms with Crippen LogP contribution in [-0.2, 0) is 0 Å². The first kappa shape index (κ1) is 15.6. The first-order valence-electron chi connectivity index (χ1n) is 7.52. The molecule has 2 N–H and O–H groups in total. The van der Waals surface area contributed by atoms with E-state index in [-0.39, 0.29) is 11.3 Å². The zero-order chi connectivity index (χ0) is 16.9. The third-order valence-electron chi connectivity index (χ3n) is 3.63. The molecule has 0 saturated carbocycles. The van der Waals surface area contributed by atoms with Gasteiger partial charge in [-0.1, -0.05) is 30.3 Å². The molecule has 1 aromatic heterocycles. The van der Waals surface area contributed by atoms with Crippen molar-refractivity contribution >= 4 is 12.1 Å². The Bertz CT molecular complexity index is 883. The highest BCUT2D eigenvalue weighted by molar-refractivity contribution is 5.97. The van der Waals surface area contributed by atoms with Gasteiger partial charge in [-0.25, -0.2) is 5.43 Å². The van der Waals surface area contributed by atoms with Crippen LogP contribution in [0.25, 0.3) is 5.69 Å². The second-order valence-electron chi connectivity index (χ2n) is 5.29. The minimum Gasteiger partial charge on any atom is -0.507 e. The summed E-state index contributed by atoms with van der Waals surface area (Å²) in [4.78, 5) is 12.0. The number of phenolic OH excluding ortho intramolecular Hbond substituents is 1. The lowest BCUT2D eigenvalue weighted by Crippen LogP contribution is -2.18. The molecule has 0 unspecified atom stereocenters. The highest BCUT2D eigenvalue weighted by atomic mass is 16.3. The van der Waals surface area contributed by atoms with Gasteiger partial charge < -0.3 is 9.67 Å². The van der Waals surface area contributed by atoms with Crippen LogP contribution in [-0.4, -0.2) is 21.8 Å². The molecule has 2 aromatic carbocycles. The van der Waals surface area contributed by atoms with E-state index in [2.05, 4.69) is 10.5 Å². The van der Waals surface area contributed by atoms with Crippen LogP contribution in [0.15, 0.2) is 71.8 Å². The fourth-order valence-corrected chi connectivity index (χ4v) is 2.47. The Hall–Kier alpha value is -3.34. The smallest absolute Gasteiger partial charge is 0.275 e. The number of hydrogen-bond acceptors (Lipinski definition) is 3. The fourth-order valence-electron chi connectivity index (χ4n) is 2.47. The minimum absolute atomic E-state index is 0.0753. The van der Waals surface area contributed by atoms with Crippen LogP contribution in [0.4, 0.5) is 0 Å². The predicted molar refractivity (Wildman–Crippen MR) is 93.7 cm³/mol. The number of amides is 1. The molecule has 1 amide bonds. The number of benzene rings is 2. The quantitative estimate of drug-likeness (QED) is 0.572. The van der Waals surface area contributed by atoms with E-state index in [1.807, 2.05) is 54.0 Å². The Morgan fingerprint density at radius 3 is 2.50 bits per heavy atom. The van der Waals surface area contributed by atoms with Crippen molar-refractivity contribution in [2.45, 2.75) is 6.92 Å². The largest absolute Gasteiger partial charge is 0.507 e. The molecule has 5 nitrogen and oxygen atoms in total. The number of aromatic hydroxyl groups is 1. The average molecular weight is 319 g/mol. The average Bonchev–Trinajstić information content (AvgIpc) is 2.96. The lowest BCUT2D eigenvalue weighted by molar-refractivity contribution is 0.0952. The van der Waals surface area contributed by atoms with E-state index in [0.717, 1.165) is 17.1 Å². The van der Waals surface area contributed by atoms with Gasteiger partial charge in [0.25, 0.3) is 5.91 Å². The summed E-state index contributed by atoms with van der Waals surface area (Å²) >= 11 is 0. The third-order valence-corrected chi connectivity index (χ3v) is 3.63. The fraction of sp³-hybridized carbons (Fsp3) is 0.0526. The van der Waals surface area contributed by atoms with E-state index < -0.39 is 5.91 Å². The van der Waals surface area contributed by atoms with Crippen molar-refractivity contribution < 1.29 is 9.90 Å². The summed E-state index contributed by atoms with van der Waals surface area (Å²) in [5, 5.41) is 13.7. The zero-order valence-electron chi connectivity index (χ0n) is 13.2. The number of para-hydroxylation sites is 2. The van der Waals surface area contributed by atoms with Gasteiger partial charge in [-0.15, -0.1) is 0 Å². The van der Waals surface area contributed by atoms with Gasteiger partial charge >= 0.3 is 0 Å². The van der Waals surface area contributed by atoms with Crippen molar-refractivity contribution in [2.24, 2.45) is 5.10 Å². The van der Waals surface area contributed by atoms with Gasteiger partial charge in [0.2, 0.25) is 0 Å². The van der Waals surface area contributed by atoms with Crippen LogP contribution in [0, 0.1) is 6.92 Å². The molecule has 0 aliphatic rings. The molecule has 5 heteroatoms. The van der Waals surface area contributed by atoms with E-state index in [9.17, 15) is 9.90 Å². The van der Waals surface area contributed by atoms with Crippen LogP contribution in [0.1, 0.15) is 21.7 Å². The number of hydrogen-bond donors (Lipinski definition) is 2. The maximum absolute atomic E-state index is 12.0. The molecule has 3 rings (SSSR count). The lowest BCUT2D eigenvalue weighted by atomic mass is 10.2. The number of nitrogens with zero attached hydrogens (tertiary/aromatic N) is 2. The van der Waals surface area contributed by atoms with E-state index >= 15 is 0 Å². The Labute approximate surface area is 139 Å². The Balaban J connectivity index is 1.79. The number of rotatable bonds is 4. The van der Waals surface area contributed by atoms with Gasteiger partial charge in [0.05, 0.1) is 17.5 Å². The van der Waals surface area contributed by atoms with Gasteiger partial charge in [-0.05, 0) is 43.3 Å². The molecule has 1 heterocycles. The van der Waals surface area contributed by atoms with Crippen LogP contribution >= 0.6 is 0 Å². The van der Waals surface area contributed by atoms with Crippen molar-refractivity contribution in [3.05, 3.63) is 83.7 Å². The number of aromatic nitrogens is 1. The second-order valence-corrected chi connectivity index (χ2v) is 5.29. The molecule has 0 spiro atoms. The van der Waals surface area contributed by atoms with Crippen molar-refractivity contribution in [3.8, 4) is 11.4 Å². The third kappa shape index (κ3) is 3.20. The molecule has 0 aliphatic heterocycles. The Morgan fingerprint density at radius 2 is 1.75 bits per heavy atom. The maximum Gasteiger partial charge on any atom is 0.275 e. The number of nitrogens with one attached hydrogen (secondary N) is 1. The molecule has 0 radical (unpaired) electrons. The van der Waals surface area contributed by atoms with Crippen LogP contribution in [0.2, 0.25) is 0 Å². The van der Waals surface area contributed by atoms with Gasteiger partial charge in [0, 0.05) is 11.4 Å². The summed E-state index contributed by atoms with van der Waals surface area (Å²) in [6.07, 6.45) is 1.58. The van der Waals surface area contributed by atoms with Crippen molar-refractivity contribution in [1.29, 1.82) is 0 Å². The summed E-state index contributed by atoms with van der Waals surface area (Å²) in [5.74, 6) is -0.535. The van der Waals surface area contributed by atoms with E-state index in [1.165, 1.54) is 12.1 Å². The summed E-state index contributed by atoms with van der Waals surface area (Å²) in [7, 11) is 0. The SMILES string of the molecule is Cc1ccc(/C=N\NC(=O)c2ccccc2O)n1-c1ccccc1. The zero-order valence-corrected chi connectivity index (χ0v) is 13.2. The normalized spacial score (nSPS) is 10.9. The minimum atomic E-state index is -0.459. The Kier molecular flexibility index (Phi) is 4.43. The van der Waals surface area contributed by atoms with Crippen molar-refractivity contribution in [3.63, 3.8) is 0 Å². The highest BCUT2D eigenvalue weighted by Crippen LogP contribution is 2.16. The molecule has 0 fully saturated rings. The lowest BCUT2D eigenvalue weighted by Gasteiger charge is -2.09. The number of phenols is 1. The van der Waals surface area contributed by atoms with Crippen LogP contribution < -0.4 is 5.43 Å². The summed E-state index contributed by atoms with van der Waals surface area (Å²) in [5.41, 5.74) is 5.55. The maximum atomic E-state index is 12.0. The van der Waals surface area contributed by atoms with Crippen LogP contribution in [0.3, 0.4) is 0 Å². The van der Waals surface area contributed by atoms with Gasteiger partial charge in [0.15, 0.2) is 0 Å². The number of hydrazone groups is 1. The van der Waals surface area contributed by atoms with Crippen molar-refractivity contribution in [2.75, 3.05) is 0 Å². The molecule has 0 aliphatic carbocycles. The topological polar surface area (TPSA) is 66.6 Å². The molecule has 0 atom stereocenters. The molecule has 0 saturated heterocycles. The number of carbonyl (C=O) groups is 1. The van der Waals surface area contributed by atoms with E-state index in [0.29, 0.717) is 0 Å². The summed E-state index contributed by atoms with van der Waals surface area (Å²) in [6, 6.07) is 20.2.